The summed E-state index contributed by atoms with van der Waals surface area (Å²) < 4.78 is 0. The first kappa shape index (κ1) is 14.2. The molecule has 2 rings (SSSR count). The van der Waals surface area contributed by atoms with Crippen molar-refractivity contribution in [2.75, 3.05) is 0 Å². The summed E-state index contributed by atoms with van der Waals surface area (Å²) >= 11 is 0. The van der Waals surface area contributed by atoms with Crippen molar-refractivity contribution < 1.29 is 2.85 Å². The molecule has 0 heteroatoms. The number of allylic oxidation sites excluding steroid dienone is 2. The van der Waals surface area contributed by atoms with E-state index >= 15 is 0 Å². The van der Waals surface area contributed by atoms with Crippen molar-refractivity contribution in [3.63, 3.8) is 0 Å². The molecule has 18 heavy (non-hydrogen) atoms. The molecule has 0 aromatic heterocycles. The lowest BCUT2D eigenvalue weighted by atomic mass is 9.69. The maximum absolute atomic E-state index is 2.44. The second-order valence-electron chi connectivity index (χ2n) is 6.77. The zero-order valence-electron chi connectivity index (χ0n) is 12.5. The highest BCUT2D eigenvalue weighted by molar-refractivity contribution is 4.90. The van der Waals surface area contributed by atoms with Crippen LogP contribution in [0, 0.1) is 23.7 Å². The van der Waals surface area contributed by atoms with Gasteiger partial charge in [-0.15, -0.1) is 0 Å². The van der Waals surface area contributed by atoms with Crippen LogP contribution < -0.4 is 0 Å². The Hall–Kier alpha value is -0.260. The van der Waals surface area contributed by atoms with E-state index in [0.717, 1.165) is 23.7 Å². The largest absolute Gasteiger partial charge is 0.0914 e. The Balaban J connectivity index is 0.00000180. The summed E-state index contributed by atoms with van der Waals surface area (Å²) in [5.41, 5.74) is 0. The number of rotatable bonds is 4. The standard InChI is InChI=1S/C18H32.2H2/c1-3-5-15-7-11-17(12-8-15)18-13-9-16(6-4-2)10-14-18;;/h3,5,15-18H,4,6-14H2,1-2H3;2*1H/b5-3+;;. The average molecular weight is 252 g/mol. The molecule has 0 unspecified atom stereocenters. The fourth-order valence-electron chi connectivity index (χ4n) is 4.44. The minimum absolute atomic E-state index is 0. The summed E-state index contributed by atoms with van der Waals surface area (Å²) in [6, 6.07) is 0. The van der Waals surface area contributed by atoms with Gasteiger partial charge < -0.3 is 0 Å². The highest BCUT2D eigenvalue weighted by Gasteiger charge is 2.29. The van der Waals surface area contributed by atoms with Gasteiger partial charge in [0.05, 0.1) is 0 Å². The Kier molecular flexibility index (Phi) is 5.79. The molecule has 0 atom stereocenters. The third-order valence-corrected chi connectivity index (χ3v) is 5.54. The lowest BCUT2D eigenvalue weighted by Gasteiger charge is -2.37. The fraction of sp³-hybridized carbons (Fsp3) is 0.889. The van der Waals surface area contributed by atoms with Crippen molar-refractivity contribution in [2.24, 2.45) is 23.7 Å². The van der Waals surface area contributed by atoms with E-state index in [4.69, 9.17) is 0 Å². The summed E-state index contributed by atoms with van der Waals surface area (Å²) in [4.78, 5) is 0. The van der Waals surface area contributed by atoms with Gasteiger partial charge in [0.2, 0.25) is 0 Å². The molecule has 2 aliphatic rings. The van der Waals surface area contributed by atoms with Gasteiger partial charge >= 0.3 is 0 Å². The summed E-state index contributed by atoms with van der Waals surface area (Å²) in [6.45, 7) is 4.51. The second kappa shape index (κ2) is 7.36. The van der Waals surface area contributed by atoms with E-state index < -0.39 is 0 Å². The molecule has 0 N–H and O–H groups in total. The highest BCUT2D eigenvalue weighted by Crippen LogP contribution is 2.42. The SMILES string of the molecule is C/C=C/C1CCC(C2CCC(CCC)CC2)CC1.[HH].[HH]. The molecule has 0 aromatic carbocycles. The molecule has 0 radical (unpaired) electrons. The first-order valence-electron chi connectivity index (χ1n) is 8.46. The van der Waals surface area contributed by atoms with Crippen LogP contribution in [-0.2, 0) is 0 Å². The molecule has 0 saturated heterocycles. The minimum atomic E-state index is 0. The summed E-state index contributed by atoms with van der Waals surface area (Å²) in [5.74, 6) is 4.15. The fourth-order valence-corrected chi connectivity index (χ4v) is 4.44. The molecule has 0 spiro atoms. The monoisotopic (exact) mass is 252 g/mol. The van der Waals surface area contributed by atoms with E-state index in [1.165, 1.54) is 51.4 Å². The van der Waals surface area contributed by atoms with E-state index in [-0.39, 0.29) is 2.85 Å². The molecule has 0 heterocycles. The lowest BCUT2D eigenvalue weighted by Crippen LogP contribution is -2.25. The predicted octanol–water partition coefficient (Wildman–Crippen LogP) is 6.47. The summed E-state index contributed by atoms with van der Waals surface area (Å²) in [6.07, 6.45) is 19.7. The molecule has 2 fully saturated rings. The molecule has 0 aromatic rings. The Morgan fingerprint density at radius 2 is 1.44 bits per heavy atom. The molecule has 0 aliphatic heterocycles. The van der Waals surface area contributed by atoms with Gasteiger partial charge in [-0.1, -0.05) is 44.8 Å². The van der Waals surface area contributed by atoms with Gasteiger partial charge in [0.25, 0.3) is 0 Å². The van der Waals surface area contributed by atoms with Crippen molar-refractivity contribution in [2.45, 2.75) is 78.1 Å². The predicted molar refractivity (Wildman–Crippen MR) is 84.8 cm³/mol. The Morgan fingerprint density at radius 3 is 1.94 bits per heavy atom. The first-order chi connectivity index (χ1) is 8.83. The molecular weight excluding hydrogens is 216 g/mol. The molecular formula is C18H36. The van der Waals surface area contributed by atoms with Crippen LogP contribution in [0.2, 0.25) is 0 Å². The number of hydrogen-bond acceptors (Lipinski definition) is 0. The Labute approximate surface area is 117 Å². The smallest absolute Gasteiger partial charge is 0 e. The summed E-state index contributed by atoms with van der Waals surface area (Å²) in [7, 11) is 0. The topological polar surface area (TPSA) is 0 Å². The highest BCUT2D eigenvalue weighted by atomic mass is 14.3. The lowest BCUT2D eigenvalue weighted by molar-refractivity contribution is 0.152. The maximum atomic E-state index is 2.44. The molecule has 0 bridgehead atoms. The Morgan fingerprint density at radius 1 is 0.889 bits per heavy atom. The maximum Gasteiger partial charge on any atom is 0 e. The molecule has 0 nitrogen and oxygen atoms in total. The van der Waals surface area contributed by atoms with Gasteiger partial charge in [0, 0.05) is 2.85 Å². The van der Waals surface area contributed by atoms with Gasteiger partial charge in [-0.05, 0) is 69.1 Å². The van der Waals surface area contributed by atoms with Crippen molar-refractivity contribution in [1.29, 1.82) is 0 Å². The van der Waals surface area contributed by atoms with Crippen LogP contribution in [0.5, 0.6) is 0 Å². The van der Waals surface area contributed by atoms with E-state index in [0.29, 0.717) is 0 Å². The van der Waals surface area contributed by atoms with Crippen molar-refractivity contribution >= 4 is 0 Å². The Bertz CT molecular complexity index is 246. The van der Waals surface area contributed by atoms with Crippen LogP contribution in [0.15, 0.2) is 12.2 Å². The number of hydrogen-bond donors (Lipinski definition) is 0. The van der Waals surface area contributed by atoms with Gasteiger partial charge in [-0.2, -0.15) is 0 Å². The van der Waals surface area contributed by atoms with Gasteiger partial charge in [-0.3, -0.25) is 0 Å². The van der Waals surface area contributed by atoms with Gasteiger partial charge in [0.1, 0.15) is 0 Å². The van der Waals surface area contributed by atoms with Crippen molar-refractivity contribution in [1.82, 2.24) is 0 Å². The van der Waals surface area contributed by atoms with Crippen LogP contribution in [-0.4, -0.2) is 0 Å². The first-order valence-corrected chi connectivity index (χ1v) is 8.46. The van der Waals surface area contributed by atoms with Gasteiger partial charge in [-0.25, -0.2) is 0 Å². The third-order valence-electron chi connectivity index (χ3n) is 5.54. The third kappa shape index (κ3) is 3.87. The second-order valence-corrected chi connectivity index (χ2v) is 6.77. The minimum Gasteiger partial charge on any atom is -0.0914 e. The molecule has 108 valence electrons. The normalized spacial score (nSPS) is 38.1. The van der Waals surface area contributed by atoms with Crippen molar-refractivity contribution in [3.8, 4) is 0 Å². The quantitative estimate of drug-likeness (QED) is 0.503. The van der Waals surface area contributed by atoms with E-state index in [2.05, 4.69) is 26.0 Å². The van der Waals surface area contributed by atoms with Crippen LogP contribution >= 0.6 is 0 Å². The molecule has 2 aliphatic carbocycles. The average Bonchev–Trinajstić information content (AvgIpc) is 2.41. The van der Waals surface area contributed by atoms with Crippen LogP contribution in [0.25, 0.3) is 0 Å². The zero-order chi connectivity index (χ0) is 12.8. The van der Waals surface area contributed by atoms with E-state index in [1.54, 1.807) is 12.8 Å². The van der Waals surface area contributed by atoms with E-state index in [1.807, 2.05) is 0 Å². The van der Waals surface area contributed by atoms with Crippen molar-refractivity contribution in [3.05, 3.63) is 12.2 Å². The summed E-state index contributed by atoms with van der Waals surface area (Å²) in [5, 5.41) is 0. The van der Waals surface area contributed by atoms with Crippen LogP contribution in [0.3, 0.4) is 0 Å². The van der Waals surface area contributed by atoms with Crippen LogP contribution in [0.1, 0.15) is 80.9 Å². The molecule has 2 saturated carbocycles. The molecule has 0 amide bonds. The zero-order valence-corrected chi connectivity index (χ0v) is 12.5. The van der Waals surface area contributed by atoms with Crippen LogP contribution in [0.4, 0.5) is 0 Å². The van der Waals surface area contributed by atoms with Gasteiger partial charge in [0.15, 0.2) is 0 Å². The van der Waals surface area contributed by atoms with E-state index in [9.17, 15) is 0 Å².